The van der Waals surface area contributed by atoms with Crippen molar-refractivity contribution in [2.75, 3.05) is 0 Å². The molecule has 0 amide bonds. The molecule has 0 aliphatic heterocycles. The Morgan fingerprint density at radius 3 is 2.00 bits per heavy atom. The van der Waals surface area contributed by atoms with E-state index in [0.29, 0.717) is 5.56 Å². The molecule has 4 heteroatoms. The number of ether oxygens (including phenoxy) is 1. The maximum atomic E-state index is 12.1. The number of hydrogen-bond donors (Lipinski definition) is 1. The molecule has 0 aliphatic rings. The summed E-state index contributed by atoms with van der Waals surface area (Å²) in [4.78, 5) is 12.1. The Labute approximate surface area is 125 Å². The zero-order valence-electron chi connectivity index (χ0n) is 11.2. The summed E-state index contributed by atoms with van der Waals surface area (Å²) >= 11 is 0. The average Bonchev–Trinajstić information content (AvgIpc) is 2.46. The first kappa shape index (κ1) is 16.2. The SMILES string of the molecule is CC(N)C(OC(=O)c1ccccc1)c1ccccc1.Cl. The fraction of sp³-hybridized carbons (Fsp3) is 0.188. The van der Waals surface area contributed by atoms with Gasteiger partial charge in [-0.25, -0.2) is 4.79 Å². The molecule has 20 heavy (non-hydrogen) atoms. The summed E-state index contributed by atoms with van der Waals surface area (Å²) in [7, 11) is 0. The molecular weight excluding hydrogens is 274 g/mol. The van der Waals surface area contributed by atoms with E-state index in [2.05, 4.69) is 0 Å². The summed E-state index contributed by atoms with van der Waals surface area (Å²) in [6.07, 6.45) is -0.436. The topological polar surface area (TPSA) is 52.3 Å². The molecule has 2 unspecified atom stereocenters. The lowest BCUT2D eigenvalue weighted by Crippen LogP contribution is -2.28. The van der Waals surface area contributed by atoms with Crippen molar-refractivity contribution >= 4 is 18.4 Å². The van der Waals surface area contributed by atoms with Crippen molar-refractivity contribution in [3.63, 3.8) is 0 Å². The van der Waals surface area contributed by atoms with Crippen LogP contribution in [0.2, 0.25) is 0 Å². The second-order valence-electron chi connectivity index (χ2n) is 4.46. The van der Waals surface area contributed by atoms with Crippen LogP contribution in [0.1, 0.15) is 28.9 Å². The minimum atomic E-state index is -0.436. The van der Waals surface area contributed by atoms with Crippen molar-refractivity contribution in [2.24, 2.45) is 5.73 Å². The van der Waals surface area contributed by atoms with E-state index in [0.717, 1.165) is 5.56 Å². The van der Waals surface area contributed by atoms with Gasteiger partial charge in [0, 0.05) is 6.04 Å². The molecule has 0 radical (unpaired) electrons. The smallest absolute Gasteiger partial charge is 0.338 e. The van der Waals surface area contributed by atoms with Crippen LogP contribution in [0.15, 0.2) is 60.7 Å². The Hall–Kier alpha value is -1.84. The zero-order chi connectivity index (χ0) is 13.7. The minimum absolute atomic E-state index is 0. The van der Waals surface area contributed by atoms with Crippen LogP contribution in [-0.2, 0) is 4.74 Å². The Morgan fingerprint density at radius 2 is 1.50 bits per heavy atom. The van der Waals surface area contributed by atoms with E-state index in [1.807, 2.05) is 43.3 Å². The monoisotopic (exact) mass is 291 g/mol. The first-order chi connectivity index (χ1) is 9.18. The lowest BCUT2D eigenvalue weighted by atomic mass is 10.0. The summed E-state index contributed by atoms with van der Waals surface area (Å²) < 4.78 is 5.52. The molecule has 0 bridgehead atoms. The third kappa shape index (κ3) is 4.08. The number of hydrogen-bond acceptors (Lipinski definition) is 3. The molecule has 0 spiro atoms. The number of benzene rings is 2. The quantitative estimate of drug-likeness (QED) is 0.879. The van der Waals surface area contributed by atoms with Gasteiger partial charge in [-0.05, 0) is 24.6 Å². The largest absolute Gasteiger partial charge is 0.452 e. The van der Waals surface area contributed by atoms with Crippen molar-refractivity contribution in [3.8, 4) is 0 Å². The van der Waals surface area contributed by atoms with Gasteiger partial charge in [0.25, 0.3) is 0 Å². The standard InChI is InChI=1S/C16H17NO2.ClH/c1-12(17)15(13-8-4-2-5-9-13)19-16(18)14-10-6-3-7-11-14;/h2-12,15H,17H2,1H3;1H. The first-order valence-electron chi connectivity index (χ1n) is 6.25. The van der Waals surface area contributed by atoms with Gasteiger partial charge >= 0.3 is 5.97 Å². The van der Waals surface area contributed by atoms with Gasteiger partial charge in [-0.15, -0.1) is 12.4 Å². The molecule has 2 rings (SSSR count). The van der Waals surface area contributed by atoms with Gasteiger partial charge in [0.1, 0.15) is 6.10 Å². The van der Waals surface area contributed by atoms with Crippen LogP contribution in [0.5, 0.6) is 0 Å². The number of carbonyl (C=O) groups is 1. The van der Waals surface area contributed by atoms with Gasteiger partial charge in [-0.3, -0.25) is 0 Å². The summed E-state index contributed by atoms with van der Waals surface area (Å²) in [5, 5.41) is 0. The predicted molar refractivity (Wildman–Crippen MR) is 81.9 cm³/mol. The van der Waals surface area contributed by atoms with Crippen LogP contribution in [0.4, 0.5) is 0 Å². The molecule has 2 aromatic carbocycles. The van der Waals surface area contributed by atoms with Gasteiger partial charge in [-0.2, -0.15) is 0 Å². The van der Waals surface area contributed by atoms with Crippen LogP contribution in [0.3, 0.4) is 0 Å². The molecular formula is C16H18ClNO2. The molecule has 0 heterocycles. The number of esters is 1. The van der Waals surface area contributed by atoms with Gasteiger partial charge in [0.15, 0.2) is 0 Å². The molecule has 2 aromatic rings. The molecule has 2 atom stereocenters. The van der Waals surface area contributed by atoms with E-state index < -0.39 is 6.10 Å². The van der Waals surface area contributed by atoms with Crippen LogP contribution >= 0.6 is 12.4 Å². The van der Waals surface area contributed by atoms with Crippen LogP contribution in [0.25, 0.3) is 0 Å². The summed E-state index contributed by atoms with van der Waals surface area (Å²) in [6.45, 7) is 1.83. The Balaban J connectivity index is 0.00000200. The van der Waals surface area contributed by atoms with Crippen molar-refractivity contribution < 1.29 is 9.53 Å². The Morgan fingerprint density at radius 1 is 1.00 bits per heavy atom. The van der Waals surface area contributed by atoms with Crippen LogP contribution in [0, 0.1) is 0 Å². The van der Waals surface area contributed by atoms with Gasteiger partial charge < -0.3 is 10.5 Å². The molecule has 0 fully saturated rings. The molecule has 0 saturated heterocycles. The van der Waals surface area contributed by atoms with Gasteiger partial charge in [0.05, 0.1) is 5.56 Å². The minimum Gasteiger partial charge on any atom is -0.452 e. The molecule has 0 aromatic heterocycles. The summed E-state index contributed by atoms with van der Waals surface area (Å²) in [5.41, 5.74) is 7.35. The normalized spacial score (nSPS) is 12.9. The number of carbonyl (C=O) groups excluding carboxylic acids is 1. The average molecular weight is 292 g/mol. The van der Waals surface area contributed by atoms with E-state index in [1.165, 1.54) is 0 Å². The molecule has 3 nitrogen and oxygen atoms in total. The first-order valence-corrected chi connectivity index (χ1v) is 6.25. The maximum absolute atomic E-state index is 12.1. The summed E-state index contributed by atoms with van der Waals surface area (Å²) in [6, 6.07) is 18.2. The Bertz CT molecular complexity index is 529. The predicted octanol–water partition coefficient (Wildman–Crippen LogP) is 3.35. The fourth-order valence-electron chi connectivity index (χ4n) is 1.88. The maximum Gasteiger partial charge on any atom is 0.338 e. The second-order valence-corrected chi connectivity index (χ2v) is 4.46. The van der Waals surface area contributed by atoms with Crippen molar-refractivity contribution in [3.05, 3.63) is 71.8 Å². The molecule has 0 saturated carbocycles. The number of halogens is 1. The van der Waals surface area contributed by atoms with Crippen LogP contribution in [-0.4, -0.2) is 12.0 Å². The van der Waals surface area contributed by atoms with Crippen molar-refractivity contribution in [1.82, 2.24) is 0 Å². The van der Waals surface area contributed by atoms with Crippen molar-refractivity contribution in [2.45, 2.75) is 19.1 Å². The highest BCUT2D eigenvalue weighted by molar-refractivity contribution is 5.89. The van der Waals surface area contributed by atoms with Crippen molar-refractivity contribution in [1.29, 1.82) is 0 Å². The molecule has 0 aliphatic carbocycles. The van der Waals surface area contributed by atoms with E-state index >= 15 is 0 Å². The van der Waals surface area contributed by atoms with E-state index in [-0.39, 0.29) is 24.4 Å². The third-order valence-corrected chi connectivity index (χ3v) is 2.85. The molecule has 106 valence electrons. The lowest BCUT2D eigenvalue weighted by Gasteiger charge is -2.21. The van der Waals surface area contributed by atoms with Gasteiger partial charge in [-0.1, -0.05) is 48.5 Å². The number of rotatable bonds is 4. The lowest BCUT2D eigenvalue weighted by molar-refractivity contribution is 0.0246. The highest BCUT2D eigenvalue weighted by atomic mass is 35.5. The fourth-order valence-corrected chi connectivity index (χ4v) is 1.88. The van der Waals surface area contributed by atoms with E-state index in [4.69, 9.17) is 10.5 Å². The zero-order valence-corrected chi connectivity index (χ0v) is 12.0. The highest BCUT2D eigenvalue weighted by Gasteiger charge is 2.21. The van der Waals surface area contributed by atoms with E-state index in [9.17, 15) is 4.79 Å². The Kier molecular flexibility index (Phi) is 6.22. The molecule has 2 N–H and O–H groups in total. The summed E-state index contributed by atoms with van der Waals surface area (Å²) in [5.74, 6) is -0.355. The van der Waals surface area contributed by atoms with Crippen LogP contribution < -0.4 is 5.73 Å². The third-order valence-electron chi connectivity index (χ3n) is 2.85. The second kappa shape index (κ2) is 7.68. The number of nitrogens with two attached hydrogens (primary N) is 1. The highest BCUT2D eigenvalue weighted by Crippen LogP contribution is 2.21. The van der Waals surface area contributed by atoms with E-state index in [1.54, 1.807) is 24.3 Å². The van der Waals surface area contributed by atoms with Gasteiger partial charge in [0.2, 0.25) is 0 Å².